The number of alkyl halides is 3. The average Bonchev–Trinajstić information content (AvgIpc) is 2.66. The summed E-state index contributed by atoms with van der Waals surface area (Å²) >= 11 is 0. The Labute approximate surface area is 188 Å². The summed E-state index contributed by atoms with van der Waals surface area (Å²) in [5.41, 5.74) is -1.57. The molecular formula is C18H10F3N4NaO4. The molecule has 12 heteroatoms. The van der Waals surface area contributed by atoms with Crippen molar-refractivity contribution in [3.8, 4) is 0 Å². The molecule has 3 rings (SSSR count). The predicted molar refractivity (Wildman–Crippen MR) is 91.8 cm³/mol. The van der Waals surface area contributed by atoms with Crippen molar-refractivity contribution in [1.82, 2.24) is 15.3 Å². The first-order valence-corrected chi connectivity index (χ1v) is 7.90. The molecule has 0 saturated carbocycles. The van der Waals surface area contributed by atoms with Gasteiger partial charge >= 0.3 is 41.8 Å². The molecule has 0 radical (unpaired) electrons. The predicted octanol–water partition coefficient (Wildman–Crippen LogP) is -1.02. The van der Waals surface area contributed by atoms with Crippen LogP contribution in [0.2, 0.25) is 0 Å². The Morgan fingerprint density at radius 3 is 2.20 bits per heavy atom. The molecule has 0 unspecified atom stereocenters. The molecule has 0 bridgehead atoms. The fourth-order valence-electron chi connectivity index (χ4n) is 2.42. The molecule has 0 aliphatic rings. The number of anilines is 1. The number of urea groups is 1. The number of carboxylic acids is 1. The van der Waals surface area contributed by atoms with Crippen molar-refractivity contribution in [2.75, 3.05) is 5.32 Å². The van der Waals surface area contributed by atoms with Crippen molar-refractivity contribution < 1.29 is 62.2 Å². The van der Waals surface area contributed by atoms with Crippen LogP contribution < -0.4 is 45.3 Å². The molecule has 0 aliphatic heterocycles. The van der Waals surface area contributed by atoms with E-state index in [2.05, 4.69) is 9.97 Å². The number of aromatic carboxylic acids is 1. The Hall–Kier alpha value is -3.02. The Morgan fingerprint density at radius 2 is 1.57 bits per heavy atom. The van der Waals surface area contributed by atoms with Crippen LogP contribution in [0.5, 0.6) is 0 Å². The molecule has 8 nitrogen and oxygen atoms in total. The van der Waals surface area contributed by atoms with E-state index in [9.17, 15) is 32.7 Å². The van der Waals surface area contributed by atoms with Crippen molar-refractivity contribution in [1.29, 1.82) is 0 Å². The zero-order valence-electron chi connectivity index (χ0n) is 15.3. The standard InChI is InChI=1S/C18H11F3N4O4.Na/c19-18(20,21)11-5-10(16(27)28)6-12(8-11)24-17(29)25-15(26)9-1-2-13-14(7-9)23-4-3-22-13;/h1-8H,(H,27,28)(H2,24,25,26,29);/q;+1/p-1. The van der Waals surface area contributed by atoms with Gasteiger partial charge in [0, 0.05) is 23.6 Å². The van der Waals surface area contributed by atoms with E-state index < -0.39 is 40.9 Å². The number of amides is 3. The topological polar surface area (TPSA) is 124 Å². The summed E-state index contributed by atoms with van der Waals surface area (Å²) in [6.45, 7) is 0. The van der Waals surface area contributed by atoms with Crippen LogP contribution in [0.25, 0.3) is 11.0 Å². The fraction of sp³-hybridized carbons (Fsp3) is 0.0556. The van der Waals surface area contributed by atoms with Crippen LogP contribution in [0.4, 0.5) is 23.7 Å². The minimum Gasteiger partial charge on any atom is -0.545 e. The summed E-state index contributed by atoms with van der Waals surface area (Å²) in [5, 5.41) is 14.8. The van der Waals surface area contributed by atoms with E-state index in [0.717, 1.165) is 6.07 Å². The van der Waals surface area contributed by atoms with Gasteiger partial charge in [0.25, 0.3) is 5.91 Å². The Bertz CT molecular complexity index is 1140. The second-order valence-electron chi connectivity index (χ2n) is 5.75. The number of hydrogen-bond donors (Lipinski definition) is 2. The van der Waals surface area contributed by atoms with Gasteiger partial charge in [0.05, 0.1) is 22.6 Å². The van der Waals surface area contributed by atoms with Crippen LogP contribution in [0.3, 0.4) is 0 Å². The number of hydrogen-bond acceptors (Lipinski definition) is 6. The molecule has 0 fully saturated rings. The van der Waals surface area contributed by atoms with Gasteiger partial charge in [0.1, 0.15) is 0 Å². The third-order valence-corrected chi connectivity index (χ3v) is 3.71. The average molecular weight is 426 g/mol. The van der Waals surface area contributed by atoms with Crippen molar-refractivity contribution in [3.63, 3.8) is 0 Å². The summed E-state index contributed by atoms with van der Waals surface area (Å²) in [4.78, 5) is 43.1. The molecular weight excluding hydrogens is 416 g/mol. The summed E-state index contributed by atoms with van der Waals surface area (Å²) in [6.07, 6.45) is -1.97. The number of carbonyl (C=O) groups is 3. The van der Waals surface area contributed by atoms with Crippen molar-refractivity contribution in [2.24, 2.45) is 0 Å². The maximum absolute atomic E-state index is 12.9. The molecule has 0 aliphatic carbocycles. The molecule has 0 saturated heterocycles. The van der Waals surface area contributed by atoms with Gasteiger partial charge in [-0.1, -0.05) is 0 Å². The quantitative estimate of drug-likeness (QED) is 0.517. The van der Waals surface area contributed by atoms with Crippen LogP contribution in [0.15, 0.2) is 48.8 Å². The molecule has 2 aromatic carbocycles. The van der Waals surface area contributed by atoms with E-state index in [4.69, 9.17) is 0 Å². The van der Waals surface area contributed by atoms with Gasteiger partial charge in [-0.2, -0.15) is 13.2 Å². The first-order chi connectivity index (χ1) is 13.6. The largest absolute Gasteiger partial charge is 1.00 e. The van der Waals surface area contributed by atoms with Crippen LogP contribution >= 0.6 is 0 Å². The van der Waals surface area contributed by atoms with E-state index in [1.807, 2.05) is 10.6 Å². The molecule has 0 spiro atoms. The SMILES string of the molecule is O=C(NC(=O)c1ccc2nccnc2c1)Nc1cc(C(=O)[O-])cc(C(F)(F)F)c1.[Na+]. The van der Waals surface area contributed by atoms with E-state index in [-0.39, 0.29) is 35.1 Å². The molecule has 3 amide bonds. The second-order valence-corrected chi connectivity index (χ2v) is 5.75. The maximum atomic E-state index is 12.9. The first-order valence-electron chi connectivity index (χ1n) is 7.90. The first kappa shape index (κ1) is 23.3. The molecule has 148 valence electrons. The second kappa shape index (κ2) is 9.20. The number of rotatable bonds is 3. The van der Waals surface area contributed by atoms with E-state index in [1.54, 1.807) is 0 Å². The van der Waals surface area contributed by atoms with Gasteiger partial charge in [-0.05, 0) is 42.0 Å². The Morgan fingerprint density at radius 1 is 0.900 bits per heavy atom. The monoisotopic (exact) mass is 426 g/mol. The molecule has 1 aromatic heterocycles. The normalized spacial score (nSPS) is 10.8. The number of nitrogens with one attached hydrogen (secondary N) is 2. The van der Waals surface area contributed by atoms with Gasteiger partial charge in [-0.15, -0.1) is 0 Å². The molecule has 30 heavy (non-hydrogen) atoms. The summed E-state index contributed by atoms with van der Waals surface area (Å²) in [5.74, 6) is -2.70. The van der Waals surface area contributed by atoms with Crippen LogP contribution in [-0.4, -0.2) is 27.9 Å². The summed E-state index contributed by atoms with van der Waals surface area (Å²) in [6, 6.07) is 4.80. The minimum absolute atomic E-state index is 0. The fourth-order valence-corrected chi connectivity index (χ4v) is 2.42. The van der Waals surface area contributed by atoms with E-state index in [0.29, 0.717) is 23.2 Å². The van der Waals surface area contributed by atoms with Gasteiger partial charge in [0.15, 0.2) is 0 Å². The molecule has 3 aromatic rings. The zero-order chi connectivity index (χ0) is 21.2. The molecule has 1 heterocycles. The third-order valence-electron chi connectivity index (χ3n) is 3.71. The smallest absolute Gasteiger partial charge is 0.545 e. The number of fused-ring (bicyclic) bond motifs is 1. The van der Waals surface area contributed by atoms with Crippen molar-refractivity contribution >= 4 is 34.6 Å². The number of nitrogens with zero attached hydrogens (tertiary/aromatic N) is 2. The van der Waals surface area contributed by atoms with E-state index >= 15 is 0 Å². The number of carbonyl (C=O) groups excluding carboxylic acids is 3. The zero-order valence-corrected chi connectivity index (χ0v) is 17.3. The van der Waals surface area contributed by atoms with Crippen LogP contribution in [-0.2, 0) is 6.18 Å². The molecule has 0 atom stereocenters. The van der Waals surface area contributed by atoms with Crippen molar-refractivity contribution in [2.45, 2.75) is 6.18 Å². The molecule has 2 N–H and O–H groups in total. The number of imide groups is 1. The van der Waals surface area contributed by atoms with Crippen LogP contribution in [0, 0.1) is 0 Å². The third kappa shape index (κ3) is 5.53. The van der Waals surface area contributed by atoms with Crippen LogP contribution in [0.1, 0.15) is 26.3 Å². The van der Waals surface area contributed by atoms with Crippen molar-refractivity contribution in [3.05, 3.63) is 65.5 Å². The Kier molecular flexibility index (Phi) is 7.13. The Balaban J connectivity index is 0.00000320. The maximum Gasteiger partial charge on any atom is 1.00 e. The number of halogens is 3. The minimum atomic E-state index is -4.85. The number of aromatic nitrogens is 2. The van der Waals surface area contributed by atoms with Gasteiger partial charge in [-0.25, -0.2) is 4.79 Å². The number of carboxylic acid groups (broad SMARTS) is 1. The number of benzene rings is 2. The summed E-state index contributed by atoms with van der Waals surface area (Å²) < 4.78 is 38.7. The van der Waals surface area contributed by atoms with Gasteiger partial charge in [0.2, 0.25) is 0 Å². The van der Waals surface area contributed by atoms with Gasteiger partial charge < -0.3 is 15.2 Å². The summed E-state index contributed by atoms with van der Waals surface area (Å²) in [7, 11) is 0. The van der Waals surface area contributed by atoms with Gasteiger partial charge in [-0.3, -0.25) is 20.1 Å². The van der Waals surface area contributed by atoms with E-state index in [1.165, 1.54) is 30.6 Å².